The van der Waals surface area contributed by atoms with Crippen molar-refractivity contribution < 1.29 is 22.7 Å². The number of carbonyl (C=O) groups is 1. The Morgan fingerprint density at radius 2 is 1.83 bits per heavy atom. The molecule has 1 aromatic rings. The second-order valence-electron chi connectivity index (χ2n) is 4.85. The largest absolute Gasteiger partial charge is 0.573 e. The third-order valence-corrected chi connectivity index (χ3v) is 3.19. The average molecular weight is 258 g/mol. The van der Waals surface area contributed by atoms with Crippen LogP contribution < -0.4 is 4.74 Å². The molecule has 0 bridgehead atoms. The summed E-state index contributed by atoms with van der Waals surface area (Å²) in [6.45, 7) is 1.91. The van der Waals surface area contributed by atoms with Gasteiger partial charge in [-0.3, -0.25) is 4.79 Å². The first-order valence-electron chi connectivity index (χ1n) is 5.66. The minimum absolute atomic E-state index is 0.145. The van der Waals surface area contributed by atoms with Crippen LogP contribution in [0.15, 0.2) is 24.3 Å². The summed E-state index contributed by atoms with van der Waals surface area (Å²) in [5, 5.41) is 0. The smallest absolute Gasteiger partial charge is 0.406 e. The normalized spacial score (nSPS) is 17.3. The van der Waals surface area contributed by atoms with Crippen LogP contribution in [0.5, 0.6) is 5.75 Å². The second-order valence-corrected chi connectivity index (χ2v) is 4.85. The number of rotatable bonds is 4. The summed E-state index contributed by atoms with van der Waals surface area (Å²) in [6.07, 6.45) is -2.61. The van der Waals surface area contributed by atoms with Gasteiger partial charge in [0, 0.05) is 11.8 Å². The Hall–Kier alpha value is -1.52. The van der Waals surface area contributed by atoms with Crippen LogP contribution in [0.25, 0.3) is 0 Å². The summed E-state index contributed by atoms with van der Waals surface area (Å²) in [5.74, 6) is -0.122. The zero-order valence-electron chi connectivity index (χ0n) is 9.88. The van der Waals surface area contributed by atoms with Crippen molar-refractivity contribution in [2.45, 2.75) is 32.5 Å². The molecule has 0 atom stereocenters. The summed E-state index contributed by atoms with van der Waals surface area (Å²) < 4.78 is 39.6. The lowest BCUT2D eigenvalue weighted by Gasteiger charge is -2.10. The summed E-state index contributed by atoms with van der Waals surface area (Å²) in [6, 6.07) is 5.44. The highest BCUT2D eigenvalue weighted by Crippen LogP contribution is 2.46. The number of hydrogen-bond donors (Lipinski definition) is 0. The van der Waals surface area contributed by atoms with Gasteiger partial charge in [-0.05, 0) is 30.5 Å². The number of carbonyl (C=O) groups excluding carboxylic acids is 1. The Morgan fingerprint density at radius 3 is 2.28 bits per heavy atom. The lowest BCUT2D eigenvalue weighted by molar-refractivity contribution is -0.274. The maximum absolute atomic E-state index is 11.9. The zero-order chi connectivity index (χ0) is 13.4. The Labute approximate surface area is 103 Å². The van der Waals surface area contributed by atoms with Gasteiger partial charge in [-0.2, -0.15) is 0 Å². The van der Waals surface area contributed by atoms with Crippen LogP contribution in [0.2, 0.25) is 0 Å². The van der Waals surface area contributed by atoms with Crippen LogP contribution in [-0.2, 0) is 11.2 Å². The van der Waals surface area contributed by atoms with Gasteiger partial charge in [0.1, 0.15) is 11.5 Å². The molecule has 2 rings (SSSR count). The van der Waals surface area contributed by atoms with Gasteiger partial charge in [0.05, 0.1) is 0 Å². The van der Waals surface area contributed by atoms with Gasteiger partial charge in [-0.1, -0.05) is 19.1 Å². The van der Waals surface area contributed by atoms with Crippen LogP contribution in [-0.4, -0.2) is 12.1 Å². The Balaban J connectivity index is 1.97. The molecular formula is C13H13F3O2. The monoisotopic (exact) mass is 258 g/mol. The van der Waals surface area contributed by atoms with E-state index in [-0.39, 0.29) is 23.4 Å². The number of alkyl halides is 3. The third kappa shape index (κ3) is 3.24. The van der Waals surface area contributed by atoms with Gasteiger partial charge in [0.25, 0.3) is 0 Å². The highest BCUT2D eigenvalue weighted by atomic mass is 19.4. The van der Waals surface area contributed by atoms with Crippen molar-refractivity contribution >= 4 is 5.78 Å². The fourth-order valence-electron chi connectivity index (χ4n) is 1.67. The number of benzene rings is 1. The van der Waals surface area contributed by atoms with Gasteiger partial charge in [0.2, 0.25) is 0 Å². The van der Waals surface area contributed by atoms with Crippen molar-refractivity contribution in [1.82, 2.24) is 0 Å². The topological polar surface area (TPSA) is 26.3 Å². The standard InChI is InChI=1S/C13H13F3O2/c1-12(6-7-12)11(17)8-9-2-4-10(5-3-9)18-13(14,15)16/h2-5H,6-8H2,1H3. The van der Waals surface area contributed by atoms with E-state index in [0.717, 1.165) is 12.8 Å². The number of halogens is 3. The Kier molecular flexibility index (Phi) is 3.09. The van der Waals surface area contributed by atoms with Gasteiger partial charge in [-0.25, -0.2) is 0 Å². The highest BCUT2D eigenvalue weighted by molar-refractivity contribution is 5.88. The summed E-state index contributed by atoms with van der Waals surface area (Å²) in [5.41, 5.74) is 0.504. The maximum atomic E-state index is 11.9. The molecule has 1 fully saturated rings. The summed E-state index contributed by atoms with van der Waals surface area (Å²) in [7, 11) is 0. The second kappa shape index (κ2) is 4.30. The first kappa shape index (κ1) is 12.9. The lowest BCUT2D eigenvalue weighted by atomic mass is 9.97. The van der Waals surface area contributed by atoms with Crippen LogP contribution in [0.1, 0.15) is 25.3 Å². The molecule has 0 amide bonds. The van der Waals surface area contributed by atoms with Crippen molar-refractivity contribution in [3.63, 3.8) is 0 Å². The van der Waals surface area contributed by atoms with Crippen LogP contribution in [0.3, 0.4) is 0 Å². The molecule has 0 aromatic heterocycles. The van der Waals surface area contributed by atoms with Crippen molar-refractivity contribution in [3.8, 4) is 5.75 Å². The number of ketones is 1. The van der Waals surface area contributed by atoms with Crippen molar-refractivity contribution in [2.75, 3.05) is 0 Å². The molecule has 1 aliphatic rings. The SMILES string of the molecule is CC1(C(=O)Cc2ccc(OC(F)(F)F)cc2)CC1. The molecule has 0 radical (unpaired) electrons. The van der Waals surface area contributed by atoms with E-state index in [9.17, 15) is 18.0 Å². The maximum Gasteiger partial charge on any atom is 0.573 e. The Bertz CT molecular complexity index is 444. The molecule has 0 heterocycles. The van der Waals surface area contributed by atoms with Gasteiger partial charge in [0.15, 0.2) is 0 Å². The van der Waals surface area contributed by atoms with E-state index in [2.05, 4.69) is 4.74 Å². The predicted molar refractivity (Wildman–Crippen MR) is 59.2 cm³/mol. The molecule has 0 spiro atoms. The third-order valence-electron chi connectivity index (χ3n) is 3.19. The van der Waals surface area contributed by atoms with Crippen LogP contribution in [0, 0.1) is 5.41 Å². The minimum Gasteiger partial charge on any atom is -0.406 e. The van der Waals surface area contributed by atoms with E-state index in [1.54, 1.807) is 0 Å². The molecule has 2 nitrogen and oxygen atoms in total. The van der Waals surface area contributed by atoms with Crippen molar-refractivity contribution in [2.24, 2.45) is 5.41 Å². The molecule has 98 valence electrons. The van der Waals surface area contributed by atoms with E-state index >= 15 is 0 Å². The van der Waals surface area contributed by atoms with Gasteiger partial charge >= 0.3 is 6.36 Å². The zero-order valence-corrected chi connectivity index (χ0v) is 9.88. The summed E-state index contributed by atoms with van der Waals surface area (Å²) >= 11 is 0. The number of ether oxygens (including phenoxy) is 1. The van der Waals surface area contributed by atoms with Gasteiger partial charge in [-0.15, -0.1) is 13.2 Å². The fraction of sp³-hybridized carbons (Fsp3) is 0.462. The number of hydrogen-bond acceptors (Lipinski definition) is 2. The molecule has 0 saturated heterocycles. The Morgan fingerprint density at radius 1 is 1.28 bits per heavy atom. The van der Waals surface area contributed by atoms with Crippen LogP contribution >= 0.6 is 0 Å². The lowest BCUT2D eigenvalue weighted by Crippen LogP contribution is -2.17. The molecular weight excluding hydrogens is 245 g/mol. The van der Waals surface area contributed by atoms with E-state index in [1.807, 2.05) is 6.92 Å². The van der Waals surface area contributed by atoms with Gasteiger partial charge < -0.3 is 4.74 Å². The molecule has 5 heteroatoms. The molecule has 1 aromatic carbocycles. The van der Waals surface area contributed by atoms with Crippen molar-refractivity contribution in [1.29, 1.82) is 0 Å². The molecule has 1 saturated carbocycles. The van der Waals surface area contributed by atoms with Crippen molar-refractivity contribution in [3.05, 3.63) is 29.8 Å². The molecule has 1 aliphatic carbocycles. The molecule has 18 heavy (non-hydrogen) atoms. The van der Waals surface area contributed by atoms with E-state index in [4.69, 9.17) is 0 Å². The van der Waals surface area contributed by atoms with E-state index < -0.39 is 6.36 Å². The van der Waals surface area contributed by atoms with E-state index in [1.165, 1.54) is 24.3 Å². The average Bonchev–Trinajstić information content (AvgIpc) is 2.99. The molecule has 0 unspecified atom stereocenters. The number of Topliss-reactive ketones (excluding diaryl/α,β-unsaturated/α-hetero) is 1. The predicted octanol–water partition coefficient (Wildman–Crippen LogP) is 3.50. The quantitative estimate of drug-likeness (QED) is 0.826. The first-order chi connectivity index (χ1) is 8.28. The minimum atomic E-state index is -4.68. The van der Waals surface area contributed by atoms with Crippen LogP contribution in [0.4, 0.5) is 13.2 Å². The first-order valence-corrected chi connectivity index (χ1v) is 5.66. The van der Waals surface area contributed by atoms with E-state index in [0.29, 0.717) is 5.56 Å². The summed E-state index contributed by atoms with van der Waals surface area (Å²) in [4.78, 5) is 11.8. The molecule has 0 N–H and O–H groups in total. The molecule has 0 aliphatic heterocycles. The fourth-order valence-corrected chi connectivity index (χ4v) is 1.67. The highest BCUT2D eigenvalue weighted by Gasteiger charge is 2.43.